The van der Waals surface area contributed by atoms with Crippen LogP contribution in [-0.4, -0.2) is 63.2 Å². The number of halogens is 1. The van der Waals surface area contributed by atoms with E-state index in [1.807, 2.05) is 14.1 Å². The Morgan fingerprint density at radius 2 is 2.11 bits per heavy atom. The first-order valence-electron chi connectivity index (χ1n) is 6.22. The number of amides is 1. The van der Waals surface area contributed by atoms with Crippen LogP contribution in [0.15, 0.2) is 16.7 Å². The van der Waals surface area contributed by atoms with Crippen molar-refractivity contribution in [3.8, 4) is 0 Å². The first-order chi connectivity index (χ1) is 9.06. The standard InChI is InChI=1S/C13H21ClN2O3/c1-15(2)6-4-7-16(8-10-18-3)13(17)11-5-9-19-12(11)14/h5,9H,4,6-8,10H2,1-3H3. The van der Waals surface area contributed by atoms with Crippen molar-refractivity contribution in [2.45, 2.75) is 6.42 Å². The Morgan fingerprint density at radius 1 is 1.37 bits per heavy atom. The number of ether oxygens (including phenoxy) is 1. The number of hydrogen-bond donors (Lipinski definition) is 0. The van der Waals surface area contributed by atoms with Crippen molar-refractivity contribution in [3.05, 3.63) is 23.1 Å². The van der Waals surface area contributed by atoms with Gasteiger partial charge >= 0.3 is 0 Å². The van der Waals surface area contributed by atoms with Crippen molar-refractivity contribution in [1.82, 2.24) is 9.80 Å². The maximum atomic E-state index is 12.3. The van der Waals surface area contributed by atoms with Gasteiger partial charge in [0.05, 0.1) is 18.4 Å². The molecule has 0 aliphatic heterocycles. The van der Waals surface area contributed by atoms with Gasteiger partial charge in [-0.15, -0.1) is 0 Å². The predicted octanol–water partition coefficient (Wildman–Crippen LogP) is 1.97. The lowest BCUT2D eigenvalue weighted by atomic mass is 10.2. The highest BCUT2D eigenvalue weighted by Crippen LogP contribution is 2.18. The first-order valence-corrected chi connectivity index (χ1v) is 6.60. The van der Waals surface area contributed by atoms with E-state index in [1.54, 1.807) is 18.1 Å². The summed E-state index contributed by atoms with van der Waals surface area (Å²) >= 11 is 5.84. The fourth-order valence-electron chi connectivity index (χ4n) is 1.71. The zero-order valence-corrected chi connectivity index (χ0v) is 12.4. The molecule has 0 saturated carbocycles. The van der Waals surface area contributed by atoms with Crippen LogP contribution in [0.25, 0.3) is 0 Å². The Labute approximate surface area is 119 Å². The van der Waals surface area contributed by atoms with Gasteiger partial charge in [-0.3, -0.25) is 4.79 Å². The Balaban J connectivity index is 2.62. The van der Waals surface area contributed by atoms with Crippen LogP contribution in [0.5, 0.6) is 0 Å². The largest absolute Gasteiger partial charge is 0.452 e. The molecule has 0 aliphatic rings. The predicted molar refractivity (Wildman–Crippen MR) is 74.7 cm³/mol. The van der Waals surface area contributed by atoms with Crippen molar-refractivity contribution in [2.75, 3.05) is 47.4 Å². The van der Waals surface area contributed by atoms with Gasteiger partial charge in [-0.05, 0) is 44.7 Å². The maximum absolute atomic E-state index is 12.3. The summed E-state index contributed by atoms with van der Waals surface area (Å²) in [5.74, 6) is -0.116. The smallest absolute Gasteiger partial charge is 0.258 e. The summed E-state index contributed by atoms with van der Waals surface area (Å²) in [5, 5.41) is 0.139. The van der Waals surface area contributed by atoms with Gasteiger partial charge in [-0.25, -0.2) is 0 Å². The number of furan rings is 1. The number of nitrogens with zero attached hydrogens (tertiary/aromatic N) is 2. The number of carbonyl (C=O) groups is 1. The fourth-order valence-corrected chi connectivity index (χ4v) is 1.91. The summed E-state index contributed by atoms with van der Waals surface area (Å²) in [5.41, 5.74) is 0.405. The highest BCUT2D eigenvalue weighted by molar-refractivity contribution is 6.32. The van der Waals surface area contributed by atoms with E-state index in [-0.39, 0.29) is 11.1 Å². The third kappa shape index (κ3) is 5.22. The topological polar surface area (TPSA) is 45.9 Å². The molecule has 0 bridgehead atoms. The Morgan fingerprint density at radius 3 is 2.63 bits per heavy atom. The minimum Gasteiger partial charge on any atom is -0.452 e. The van der Waals surface area contributed by atoms with Crippen molar-refractivity contribution in [1.29, 1.82) is 0 Å². The molecule has 1 heterocycles. The molecule has 0 atom stereocenters. The van der Waals surface area contributed by atoms with Gasteiger partial charge in [0.25, 0.3) is 5.91 Å². The van der Waals surface area contributed by atoms with Crippen LogP contribution in [0.2, 0.25) is 5.22 Å². The molecule has 0 aromatic carbocycles. The minimum absolute atomic E-state index is 0.116. The lowest BCUT2D eigenvalue weighted by molar-refractivity contribution is 0.0689. The van der Waals surface area contributed by atoms with Gasteiger partial charge < -0.3 is 19.0 Å². The average Bonchev–Trinajstić information content (AvgIpc) is 2.78. The molecule has 0 aliphatic carbocycles. The van der Waals surface area contributed by atoms with Crippen LogP contribution < -0.4 is 0 Å². The average molecular weight is 289 g/mol. The summed E-state index contributed by atoms with van der Waals surface area (Å²) in [6.07, 6.45) is 2.32. The summed E-state index contributed by atoms with van der Waals surface area (Å²) in [4.78, 5) is 16.1. The van der Waals surface area contributed by atoms with E-state index in [9.17, 15) is 4.79 Å². The van der Waals surface area contributed by atoms with E-state index >= 15 is 0 Å². The minimum atomic E-state index is -0.116. The molecule has 0 saturated heterocycles. The van der Waals surface area contributed by atoms with Gasteiger partial charge in [0.15, 0.2) is 0 Å². The molecular formula is C13H21ClN2O3. The molecule has 1 rings (SSSR count). The van der Waals surface area contributed by atoms with Crippen molar-refractivity contribution >= 4 is 17.5 Å². The lowest BCUT2D eigenvalue weighted by Crippen LogP contribution is -2.35. The zero-order chi connectivity index (χ0) is 14.3. The first kappa shape index (κ1) is 16.0. The van der Waals surface area contributed by atoms with Gasteiger partial charge in [0.2, 0.25) is 5.22 Å². The van der Waals surface area contributed by atoms with Crippen LogP contribution >= 0.6 is 11.6 Å². The van der Waals surface area contributed by atoms with Crippen LogP contribution in [0.1, 0.15) is 16.8 Å². The number of methoxy groups -OCH3 is 1. The van der Waals surface area contributed by atoms with Gasteiger partial charge in [-0.1, -0.05) is 0 Å². The monoisotopic (exact) mass is 288 g/mol. The lowest BCUT2D eigenvalue weighted by Gasteiger charge is -2.22. The third-order valence-electron chi connectivity index (χ3n) is 2.73. The molecule has 108 valence electrons. The van der Waals surface area contributed by atoms with E-state index in [1.165, 1.54) is 6.26 Å². The molecule has 1 aromatic heterocycles. The second-order valence-electron chi connectivity index (χ2n) is 4.55. The molecule has 1 aromatic rings. The van der Waals surface area contributed by atoms with E-state index in [0.717, 1.165) is 13.0 Å². The van der Waals surface area contributed by atoms with Gasteiger partial charge in [0.1, 0.15) is 0 Å². The molecule has 0 fully saturated rings. The quantitative estimate of drug-likeness (QED) is 0.734. The van der Waals surface area contributed by atoms with E-state index in [2.05, 4.69) is 4.90 Å². The van der Waals surface area contributed by atoms with Crippen LogP contribution in [0, 0.1) is 0 Å². The number of carbonyl (C=O) groups excluding carboxylic acids is 1. The fraction of sp³-hybridized carbons (Fsp3) is 0.615. The molecule has 0 unspecified atom stereocenters. The summed E-state index contributed by atoms with van der Waals surface area (Å²) < 4.78 is 10.00. The van der Waals surface area contributed by atoms with Crippen molar-refractivity contribution in [2.24, 2.45) is 0 Å². The molecule has 19 heavy (non-hydrogen) atoms. The Kier molecular flexibility index (Phi) is 6.91. The van der Waals surface area contributed by atoms with Crippen molar-refractivity contribution < 1.29 is 13.9 Å². The van der Waals surface area contributed by atoms with E-state index in [4.69, 9.17) is 20.8 Å². The number of rotatable bonds is 8. The molecule has 0 spiro atoms. The van der Waals surface area contributed by atoms with E-state index in [0.29, 0.717) is 25.3 Å². The van der Waals surface area contributed by atoms with Crippen LogP contribution in [-0.2, 0) is 4.74 Å². The normalized spacial score (nSPS) is 11.0. The van der Waals surface area contributed by atoms with Crippen molar-refractivity contribution in [3.63, 3.8) is 0 Å². The summed E-state index contributed by atoms with van der Waals surface area (Å²) in [7, 11) is 5.63. The second-order valence-corrected chi connectivity index (χ2v) is 4.89. The molecule has 1 amide bonds. The molecule has 5 nitrogen and oxygen atoms in total. The second kappa shape index (κ2) is 8.19. The molecule has 6 heteroatoms. The number of hydrogen-bond acceptors (Lipinski definition) is 4. The van der Waals surface area contributed by atoms with Gasteiger partial charge in [0, 0.05) is 20.2 Å². The molecule has 0 N–H and O–H groups in total. The molecule has 0 radical (unpaired) electrons. The highest BCUT2D eigenvalue weighted by atomic mass is 35.5. The maximum Gasteiger partial charge on any atom is 0.258 e. The Hall–Kier alpha value is -1.04. The zero-order valence-electron chi connectivity index (χ0n) is 11.7. The van der Waals surface area contributed by atoms with E-state index < -0.39 is 0 Å². The highest BCUT2D eigenvalue weighted by Gasteiger charge is 2.19. The van der Waals surface area contributed by atoms with Gasteiger partial charge in [-0.2, -0.15) is 0 Å². The molecular weight excluding hydrogens is 268 g/mol. The summed E-state index contributed by atoms with van der Waals surface area (Å²) in [6.45, 7) is 2.64. The Bertz CT molecular complexity index is 393. The van der Waals surface area contributed by atoms with Crippen LogP contribution in [0.3, 0.4) is 0 Å². The van der Waals surface area contributed by atoms with Crippen LogP contribution in [0.4, 0.5) is 0 Å². The SMILES string of the molecule is COCCN(CCCN(C)C)C(=O)c1ccoc1Cl. The third-order valence-corrected chi connectivity index (χ3v) is 3.03. The summed E-state index contributed by atoms with van der Waals surface area (Å²) in [6, 6.07) is 1.59.